The van der Waals surface area contributed by atoms with Crippen LogP contribution >= 0.6 is 0 Å². The summed E-state index contributed by atoms with van der Waals surface area (Å²) in [5.74, 6) is 0. The molecule has 23 heavy (non-hydrogen) atoms. The van der Waals surface area contributed by atoms with Gasteiger partial charge in [0.15, 0.2) is 0 Å². The molecule has 2 aromatic heterocycles. The molecule has 0 aliphatic heterocycles. The zero-order valence-electron chi connectivity index (χ0n) is 12.5. The van der Waals surface area contributed by atoms with E-state index in [9.17, 15) is 13.2 Å². The highest BCUT2D eigenvalue weighted by molar-refractivity contribution is 6.03. The molecule has 2 heterocycles. The highest BCUT2D eigenvalue weighted by Crippen LogP contribution is 2.37. The van der Waals surface area contributed by atoms with Crippen molar-refractivity contribution in [2.24, 2.45) is 0 Å². The van der Waals surface area contributed by atoms with Gasteiger partial charge in [-0.15, -0.1) is 0 Å². The van der Waals surface area contributed by atoms with Gasteiger partial charge < -0.3 is 4.40 Å². The number of fused-ring (bicyclic) bond motifs is 5. The molecular weight excluding hydrogens is 299 g/mol. The maximum Gasteiger partial charge on any atom is 0.431 e. The molecule has 0 saturated carbocycles. The van der Waals surface area contributed by atoms with Gasteiger partial charge in [-0.05, 0) is 29.5 Å². The molecule has 4 heteroatoms. The van der Waals surface area contributed by atoms with Gasteiger partial charge in [-0.2, -0.15) is 13.2 Å². The topological polar surface area (TPSA) is 4.41 Å². The van der Waals surface area contributed by atoms with Crippen molar-refractivity contribution in [1.29, 1.82) is 0 Å². The van der Waals surface area contributed by atoms with Gasteiger partial charge in [0, 0.05) is 10.8 Å². The van der Waals surface area contributed by atoms with E-state index in [1.807, 2.05) is 43.3 Å². The Balaban J connectivity index is 2.33. The quantitative estimate of drug-likeness (QED) is 0.416. The summed E-state index contributed by atoms with van der Waals surface area (Å²) in [5, 5.41) is 2.28. The second kappa shape index (κ2) is 4.75. The third-order valence-corrected chi connectivity index (χ3v) is 4.35. The van der Waals surface area contributed by atoms with Crippen molar-refractivity contribution in [3.05, 3.63) is 65.9 Å². The molecule has 1 nitrogen and oxygen atoms in total. The molecule has 0 bridgehead atoms. The number of hydrogen-bond acceptors (Lipinski definition) is 0. The molecule has 0 unspecified atom stereocenters. The minimum atomic E-state index is -4.41. The summed E-state index contributed by atoms with van der Waals surface area (Å²) in [6.07, 6.45) is -3.72. The second-order valence-electron chi connectivity index (χ2n) is 5.69. The van der Waals surface area contributed by atoms with Crippen LogP contribution in [0.3, 0.4) is 0 Å². The van der Waals surface area contributed by atoms with E-state index in [1.54, 1.807) is 12.1 Å². The summed E-state index contributed by atoms with van der Waals surface area (Å²) < 4.78 is 42.4. The summed E-state index contributed by atoms with van der Waals surface area (Å²) in [6.45, 7) is 1.96. The highest BCUT2D eigenvalue weighted by Gasteiger charge is 2.34. The van der Waals surface area contributed by atoms with E-state index in [0.29, 0.717) is 22.8 Å². The van der Waals surface area contributed by atoms with Crippen molar-refractivity contribution >= 4 is 27.2 Å². The summed E-state index contributed by atoms with van der Waals surface area (Å²) >= 11 is 0. The summed E-state index contributed by atoms with van der Waals surface area (Å²) in [5.41, 5.74) is 1.56. The number of rotatable bonds is 1. The third kappa shape index (κ3) is 2.01. The Labute approximate surface area is 131 Å². The smallest absolute Gasteiger partial charge is 0.304 e. The number of benzene rings is 2. The Morgan fingerprint density at radius 2 is 1.65 bits per heavy atom. The zero-order chi connectivity index (χ0) is 16.2. The minimum absolute atomic E-state index is 0.603. The standard InChI is InChI=1S/C19H14F3N/c1-2-12-7-5-8-14-10-16-15-9-4-3-6-13(15)11-17(19(20,21)22)23(16)18(12)14/h3-11H,2H2,1H3. The predicted octanol–water partition coefficient (Wildman–Crippen LogP) is 5.83. The monoisotopic (exact) mass is 313 g/mol. The van der Waals surface area contributed by atoms with Crippen LogP contribution in [0.5, 0.6) is 0 Å². The lowest BCUT2D eigenvalue weighted by Gasteiger charge is -2.14. The van der Waals surface area contributed by atoms with Gasteiger partial charge in [0.05, 0.1) is 11.0 Å². The highest BCUT2D eigenvalue weighted by atomic mass is 19.4. The van der Waals surface area contributed by atoms with E-state index >= 15 is 0 Å². The molecule has 0 atom stereocenters. The first kappa shape index (κ1) is 14.1. The molecule has 0 saturated heterocycles. The van der Waals surface area contributed by atoms with Gasteiger partial charge in [0.2, 0.25) is 0 Å². The average molecular weight is 313 g/mol. The number of alkyl halides is 3. The predicted molar refractivity (Wildman–Crippen MR) is 86.8 cm³/mol. The van der Waals surface area contributed by atoms with Crippen LogP contribution in [0, 0.1) is 0 Å². The Morgan fingerprint density at radius 3 is 2.39 bits per heavy atom. The van der Waals surface area contributed by atoms with Gasteiger partial charge >= 0.3 is 6.18 Å². The molecule has 0 fully saturated rings. The van der Waals surface area contributed by atoms with E-state index in [2.05, 4.69) is 0 Å². The molecular formula is C19H14F3N. The second-order valence-corrected chi connectivity index (χ2v) is 5.69. The molecule has 2 aromatic carbocycles. The Bertz CT molecular complexity index is 1040. The first-order valence-corrected chi connectivity index (χ1v) is 7.52. The van der Waals surface area contributed by atoms with Crippen LogP contribution in [-0.2, 0) is 12.6 Å². The number of pyridine rings is 1. The molecule has 4 rings (SSSR count). The Kier molecular flexibility index (Phi) is 2.92. The van der Waals surface area contributed by atoms with E-state index in [-0.39, 0.29) is 0 Å². The lowest BCUT2D eigenvalue weighted by atomic mass is 10.1. The van der Waals surface area contributed by atoms with Crippen molar-refractivity contribution in [1.82, 2.24) is 4.40 Å². The van der Waals surface area contributed by atoms with Gasteiger partial charge in [-0.25, -0.2) is 0 Å². The van der Waals surface area contributed by atoms with Crippen molar-refractivity contribution in [3.8, 4) is 0 Å². The zero-order valence-corrected chi connectivity index (χ0v) is 12.5. The molecule has 0 N–H and O–H groups in total. The molecule has 4 aromatic rings. The van der Waals surface area contributed by atoms with Crippen LogP contribution in [0.4, 0.5) is 13.2 Å². The van der Waals surface area contributed by atoms with Crippen LogP contribution in [0.2, 0.25) is 0 Å². The largest absolute Gasteiger partial charge is 0.431 e. The van der Waals surface area contributed by atoms with Crippen LogP contribution in [-0.4, -0.2) is 4.40 Å². The average Bonchev–Trinajstić information content (AvgIpc) is 2.92. The van der Waals surface area contributed by atoms with Gasteiger partial charge in [0.25, 0.3) is 0 Å². The maximum absolute atomic E-state index is 13.7. The van der Waals surface area contributed by atoms with E-state index in [4.69, 9.17) is 0 Å². The number of para-hydroxylation sites is 1. The normalized spacial score (nSPS) is 12.5. The molecule has 0 aliphatic rings. The number of aromatic nitrogens is 1. The maximum atomic E-state index is 13.7. The lowest BCUT2D eigenvalue weighted by Crippen LogP contribution is -2.12. The van der Waals surface area contributed by atoms with Crippen molar-refractivity contribution < 1.29 is 13.2 Å². The third-order valence-electron chi connectivity index (χ3n) is 4.35. The first-order valence-electron chi connectivity index (χ1n) is 7.52. The molecule has 0 spiro atoms. The molecule has 0 radical (unpaired) electrons. The fourth-order valence-corrected chi connectivity index (χ4v) is 3.34. The molecule has 116 valence electrons. The van der Waals surface area contributed by atoms with E-state index < -0.39 is 11.9 Å². The molecule has 0 aliphatic carbocycles. The van der Waals surface area contributed by atoms with Crippen LogP contribution < -0.4 is 0 Å². The summed E-state index contributed by atoms with van der Waals surface area (Å²) in [6, 6.07) is 16.0. The van der Waals surface area contributed by atoms with Crippen LogP contribution in [0.1, 0.15) is 18.2 Å². The number of halogens is 3. The molecule has 0 amide bonds. The fraction of sp³-hybridized carbons (Fsp3) is 0.158. The van der Waals surface area contributed by atoms with Crippen LogP contribution in [0.15, 0.2) is 54.6 Å². The van der Waals surface area contributed by atoms with Crippen molar-refractivity contribution in [2.45, 2.75) is 19.5 Å². The summed E-state index contributed by atoms with van der Waals surface area (Å²) in [4.78, 5) is 0. The van der Waals surface area contributed by atoms with Gasteiger partial charge in [-0.3, -0.25) is 0 Å². The fourth-order valence-electron chi connectivity index (χ4n) is 3.34. The lowest BCUT2D eigenvalue weighted by molar-refractivity contribution is -0.141. The van der Waals surface area contributed by atoms with Crippen molar-refractivity contribution in [3.63, 3.8) is 0 Å². The van der Waals surface area contributed by atoms with Gasteiger partial charge in [0.1, 0.15) is 5.69 Å². The van der Waals surface area contributed by atoms with Crippen LogP contribution in [0.25, 0.3) is 27.2 Å². The van der Waals surface area contributed by atoms with Crippen molar-refractivity contribution in [2.75, 3.05) is 0 Å². The number of aryl methyl sites for hydroxylation is 1. The SMILES string of the molecule is CCc1cccc2cc3c4ccccc4cc(C(F)(F)F)n3c12. The van der Waals surface area contributed by atoms with E-state index in [0.717, 1.165) is 16.3 Å². The Morgan fingerprint density at radius 1 is 0.913 bits per heavy atom. The Hall–Kier alpha value is -2.49. The first-order chi connectivity index (χ1) is 11.0. The van der Waals surface area contributed by atoms with Gasteiger partial charge in [-0.1, -0.05) is 49.4 Å². The van der Waals surface area contributed by atoms with E-state index in [1.165, 1.54) is 10.5 Å². The number of hydrogen-bond donors (Lipinski definition) is 0. The number of nitrogens with zero attached hydrogens (tertiary/aromatic N) is 1. The summed E-state index contributed by atoms with van der Waals surface area (Å²) in [7, 11) is 0. The minimum Gasteiger partial charge on any atom is -0.304 e.